The molecule has 0 fully saturated rings. The fourth-order valence-electron chi connectivity index (χ4n) is 1.33. The Hall–Kier alpha value is -1.86. The van der Waals surface area contributed by atoms with Crippen molar-refractivity contribution in [3.8, 4) is 0 Å². The largest absolute Gasteiger partial charge is 0.478 e. The first-order chi connectivity index (χ1) is 7.46. The molecule has 0 aliphatic carbocycles. The Kier molecular flexibility index (Phi) is 3.31. The maximum Gasteiger partial charge on any atom is 0.335 e. The van der Waals surface area contributed by atoms with Crippen LogP contribution in [0.1, 0.15) is 0 Å². The maximum atomic E-state index is 11.1. The van der Waals surface area contributed by atoms with Gasteiger partial charge in [-0.15, -0.1) is 0 Å². The predicted octanol–water partition coefficient (Wildman–Crippen LogP) is -0.148. The van der Waals surface area contributed by atoms with Crippen molar-refractivity contribution < 1.29 is 24.2 Å². The van der Waals surface area contributed by atoms with Crippen LogP contribution in [0.15, 0.2) is 23.9 Å². The average Bonchev–Trinajstić information content (AvgIpc) is 2.27. The molecule has 1 rings (SSSR count). The number of carboxylic acid groups (broad SMARTS) is 1. The summed E-state index contributed by atoms with van der Waals surface area (Å²) in [6.07, 6.45) is 3.57. The van der Waals surface area contributed by atoms with Crippen LogP contribution in [-0.2, 0) is 14.3 Å². The van der Waals surface area contributed by atoms with Crippen LogP contribution in [0.2, 0.25) is 0 Å². The summed E-state index contributed by atoms with van der Waals surface area (Å²) >= 11 is 0. The van der Waals surface area contributed by atoms with Gasteiger partial charge in [0.2, 0.25) is 0 Å². The SMILES string of the molecule is COC1(OC)C=C(C(=O)O)C=CN1C(N)=O. The average molecular weight is 228 g/mol. The van der Waals surface area contributed by atoms with Crippen molar-refractivity contribution >= 4 is 12.0 Å². The van der Waals surface area contributed by atoms with E-state index in [-0.39, 0.29) is 5.57 Å². The lowest BCUT2D eigenvalue weighted by atomic mass is 10.1. The van der Waals surface area contributed by atoms with Crippen LogP contribution in [-0.4, -0.2) is 42.1 Å². The van der Waals surface area contributed by atoms with Gasteiger partial charge in [0, 0.05) is 26.5 Å². The van der Waals surface area contributed by atoms with E-state index in [1.165, 1.54) is 26.5 Å². The third-order valence-electron chi connectivity index (χ3n) is 2.15. The van der Waals surface area contributed by atoms with Gasteiger partial charge >= 0.3 is 12.0 Å². The van der Waals surface area contributed by atoms with Gasteiger partial charge in [-0.25, -0.2) is 14.5 Å². The highest BCUT2D eigenvalue weighted by molar-refractivity contribution is 5.91. The number of carbonyl (C=O) groups excluding carboxylic acids is 1. The molecular formula is C9H12N2O5. The van der Waals surface area contributed by atoms with E-state index in [2.05, 4.69) is 0 Å². The van der Waals surface area contributed by atoms with E-state index in [0.29, 0.717) is 0 Å². The zero-order valence-corrected chi connectivity index (χ0v) is 8.84. The van der Waals surface area contributed by atoms with Crippen LogP contribution in [0.25, 0.3) is 0 Å². The Morgan fingerprint density at radius 1 is 1.44 bits per heavy atom. The van der Waals surface area contributed by atoms with Crippen LogP contribution in [0.4, 0.5) is 4.79 Å². The van der Waals surface area contributed by atoms with Crippen molar-refractivity contribution in [2.75, 3.05) is 14.2 Å². The Morgan fingerprint density at radius 3 is 2.38 bits per heavy atom. The number of methoxy groups -OCH3 is 2. The van der Waals surface area contributed by atoms with Crippen LogP contribution >= 0.6 is 0 Å². The monoisotopic (exact) mass is 228 g/mol. The third-order valence-corrected chi connectivity index (χ3v) is 2.15. The number of hydrogen-bond acceptors (Lipinski definition) is 4. The topological polar surface area (TPSA) is 102 Å². The van der Waals surface area contributed by atoms with Gasteiger partial charge in [-0.3, -0.25) is 0 Å². The number of carboxylic acids is 1. The molecule has 0 saturated heterocycles. The Labute approximate surface area is 91.7 Å². The second-order valence-electron chi connectivity index (χ2n) is 2.97. The molecule has 0 aromatic rings. The summed E-state index contributed by atoms with van der Waals surface area (Å²) < 4.78 is 9.99. The highest BCUT2D eigenvalue weighted by Crippen LogP contribution is 2.26. The first-order valence-corrected chi connectivity index (χ1v) is 4.30. The number of amides is 2. The van der Waals surface area contributed by atoms with Crippen molar-refractivity contribution in [2.24, 2.45) is 5.73 Å². The minimum atomic E-state index is -1.62. The van der Waals surface area contributed by atoms with Crippen molar-refractivity contribution in [3.63, 3.8) is 0 Å². The smallest absolute Gasteiger partial charge is 0.335 e. The fourth-order valence-corrected chi connectivity index (χ4v) is 1.33. The van der Waals surface area contributed by atoms with Crippen LogP contribution < -0.4 is 5.73 Å². The number of nitrogens with zero attached hydrogens (tertiary/aromatic N) is 1. The first kappa shape index (κ1) is 12.2. The lowest BCUT2D eigenvalue weighted by Crippen LogP contribution is -2.53. The van der Waals surface area contributed by atoms with Crippen molar-refractivity contribution in [2.45, 2.75) is 5.91 Å². The molecule has 0 aromatic carbocycles. The summed E-state index contributed by atoms with van der Waals surface area (Å²) in [6, 6.07) is -0.819. The second kappa shape index (κ2) is 4.33. The summed E-state index contributed by atoms with van der Waals surface area (Å²) in [5, 5.41) is 8.82. The minimum absolute atomic E-state index is 0.0544. The molecule has 0 radical (unpaired) electrons. The lowest BCUT2D eigenvalue weighted by molar-refractivity contribution is -0.232. The standard InChI is InChI=1S/C9H12N2O5/c1-15-9(16-2)5-6(7(12)13)3-4-11(9)8(10)14/h3-5H,1-2H3,(H2,10,14)(H,12,13). The normalized spacial score (nSPS) is 18.1. The highest BCUT2D eigenvalue weighted by atomic mass is 16.7. The number of ether oxygens (including phenoxy) is 2. The minimum Gasteiger partial charge on any atom is -0.478 e. The third kappa shape index (κ3) is 1.90. The Morgan fingerprint density at radius 2 is 2.00 bits per heavy atom. The number of primary amides is 1. The van der Waals surface area contributed by atoms with Gasteiger partial charge in [-0.1, -0.05) is 0 Å². The number of carbonyl (C=O) groups is 2. The van der Waals surface area contributed by atoms with Gasteiger partial charge in [0.05, 0.1) is 5.57 Å². The number of nitrogens with two attached hydrogens (primary N) is 1. The summed E-state index contributed by atoms with van der Waals surface area (Å²) in [6.45, 7) is 0. The molecule has 0 bridgehead atoms. The summed E-state index contributed by atoms with van der Waals surface area (Å²) in [5.41, 5.74) is 5.06. The molecule has 1 aliphatic heterocycles. The second-order valence-corrected chi connectivity index (χ2v) is 2.97. The van der Waals surface area contributed by atoms with Gasteiger partial charge in [0.1, 0.15) is 0 Å². The van der Waals surface area contributed by atoms with E-state index in [9.17, 15) is 9.59 Å². The summed E-state index contributed by atoms with van der Waals surface area (Å²) in [4.78, 5) is 22.9. The number of rotatable bonds is 3. The number of hydrogen-bond donors (Lipinski definition) is 2. The van der Waals surface area contributed by atoms with Gasteiger partial charge in [-0.2, -0.15) is 0 Å². The molecule has 88 valence electrons. The molecule has 0 aromatic heterocycles. The van der Waals surface area contributed by atoms with Crippen molar-refractivity contribution in [3.05, 3.63) is 23.9 Å². The van der Waals surface area contributed by atoms with Crippen molar-refractivity contribution in [1.29, 1.82) is 0 Å². The van der Waals surface area contributed by atoms with E-state index in [0.717, 1.165) is 11.0 Å². The van der Waals surface area contributed by atoms with Gasteiger partial charge in [0.25, 0.3) is 5.91 Å². The van der Waals surface area contributed by atoms with Crippen LogP contribution in [0.3, 0.4) is 0 Å². The van der Waals surface area contributed by atoms with Gasteiger partial charge in [-0.05, 0) is 6.08 Å². The van der Waals surface area contributed by atoms with E-state index in [4.69, 9.17) is 20.3 Å². The summed E-state index contributed by atoms with van der Waals surface area (Å²) in [7, 11) is 2.54. The fraction of sp³-hybridized carbons (Fsp3) is 0.333. The molecule has 7 nitrogen and oxygen atoms in total. The molecule has 1 aliphatic rings. The van der Waals surface area contributed by atoms with Crippen LogP contribution in [0, 0.1) is 0 Å². The lowest BCUT2D eigenvalue weighted by Gasteiger charge is -2.37. The van der Waals surface area contributed by atoms with Crippen molar-refractivity contribution in [1.82, 2.24) is 4.90 Å². The Balaban J connectivity index is 3.19. The quantitative estimate of drug-likeness (QED) is 0.654. The molecule has 0 unspecified atom stereocenters. The van der Waals surface area contributed by atoms with E-state index in [1.54, 1.807) is 0 Å². The van der Waals surface area contributed by atoms with Crippen LogP contribution in [0.5, 0.6) is 0 Å². The number of urea groups is 1. The molecule has 7 heteroatoms. The molecule has 1 heterocycles. The highest BCUT2D eigenvalue weighted by Gasteiger charge is 2.40. The maximum absolute atomic E-state index is 11.1. The molecule has 2 amide bonds. The molecule has 0 spiro atoms. The van der Waals surface area contributed by atoms with E-state index in [1.807, 2.05) is 0 Å². The molecular weight excluding hydrogens is 216 g/mol. The molecule has 0 atom stereocenters. The van der Waals surface area contributed by atoms with E-state index < -0.39 is 17.9 Å². The van der Waals surface area contributed by atoms with Gasteiger partial charge < -0.3 is 20.3 Å². The van der Waals surface area contributed by atoms with E-state index >= 15 is 0 Å². The first-order valence-electron chi connectivity index (χ1n) is 4.30. The zero-order chi connectivity index (χ0) is 12.3. The van der Waals surface area contributed by atoms with Gasteiger partial charge in [0.15, 0.2) is 0 Å². The Bertz CT molecular complexity index is 370. The molecule has 0 saturated carbocycles. The zero-order valence-electron chi connectivity index (χ0n) is 8.84. The summed E-state index contributed by atoms with van der Waals surface area (Å²) in [5.74, 6) is -2.77. The molecule has 16 heavy (non-hydrogen) atoms. The molecule has 3 N–H and O–H groups in total. The number of aliphatic carboxylic acids is 1. The predicted molar refractivity (Wildman–Crippen MR) is 53.0 cm³/mol.